The highest BCUT2D eigenvalue weighted by molar-refractivity contribution is 7.89. The Labute approximate surface area is 141 Å². The molecule has 2 aromatic heterocycles. The van der Waals surface area contributed by atoms with E-state index in [4.69, 9.17) is 0 Å². The number of hydrogen-bond acceptors (Lipinski definition) is 4. The van der Waals surface area contributed by atoms with E-state index < -0.39 is 10.0 Å². The number of aromatic amines is 1. The monoisotopic (exact) mass is 344 g/mol. The Hall–Kier alpha value is -2.25. The number of pyridine rings is 1. The second-order valence-corrected chi connectivity index (χ2v) is 7.54. The molecule has 0 saturated heterocycles. The lowest BCUT2D eigenvalue weighted by Crippen LogP contribution is -2.25. The summed E-state index contributed by atoms with van der Waals surface area (Å²) in [7, 11) is -3.49. The van der Waals surface area contributed by atoms with Crippen molar-refractivity contribution in [3.8, 4) is 0 Å². The molecule has 0 aliphatic carbocycles. The minimum atomic E-state index is -3.49. The van der Waals surface area contributed by atoms with Gasteiger partial charge in [0, 0.05) is 25.4 Å². The molecule has 0 spiro atoms. The van der Waals surface area contributed by atoms with Gasteiger partial charge in [0.25, 0.3) is 0 Å². The van der Waals surface area contributed by atoms with Crippen LogP contribution in [-0.2, 0) is 16.4 Å². The Morgan fingerprint density at radius 1 is 1.21 bits per heavy atom. The van der Waals surface area contributed by atoms with Crippen LogP contribution in [0.3, 0.4) is 0 Å². The largest absolute Gasteiger partial charge is 0.342 e. The third-order valence-corrected chi connectivity index (χ3v) is 5.50. The van der Waals surface area contributed by atoms with E-state index in [2.05, 4.69) is 39.6 Å². The van der Waals surface area contributed by atoms with Crippen molar-refractivity contribution in [3.63, 3.8) is 0 Å². The number of hydrogen-bond donors (Lipinski definition) is 2. The van der Waals surface area contributed by atoms with Crippen LogP contribution in [0.1, 0.15) is 23.4 Å². The van der Waals surface area contributed by atoms with Crippen LogP contribution in [0, 0.1) is 13.8 Å². The van der Waals surface area contributed by atoms with Gasteiger partial charge in [-0.1, -0.05) is 6.07 Å². The summed E-state index contributed by atoms with van der Waals surface area (Å²) in [5.41, 5.74) is 4.39. The Balaban J connectivity index is 1.60. The molecule has 0 radical (unpaired) electrons. The quantitative estimate of drug-likeness (QED) is 0.673. The number of benzene rings is 1. The molecule has 0 amide bonds. The molecule has 2 heterocycles. The van der Waals surface area contributed by atoms with Crippen LogP contribution in [0.25, 0.3) is 11.0 Å². The molecule has 24 heavy (non-hydrogen) atoms. The molecule has 126 valence electrons. The maximum absolute atomic E-state index is 12.1. The van der Waals surface area contributed by atoms with Crippen molar-refractivity contribution in [3.05, 3.63) is 53.6 Å². The van der Waals surface area contributed by atoms with Crippen molar-refractivity contribution < 1.29 is 8.42 Å². The number of aromatic nitrogens is 3. The van der Waals surface area contributed by atoms with Gasteiger partial charge in [0.15, 0.2) is 0 Å². The summed E-state index contributed by atoms with van der Waals surface area (Å²) < 4.78 is 26.8. The fourth-order valence-electron chi connectivity index (χ4n) is 2.53. The van der Waals surface area contributed by atoms with Crippen molar-refractivity contribution in [2.45, 2.75) is 31.6 Å². The number of aryl methyl sites for hydroxylation is 3. The number of fused-ring (bicyclic) bond motifs is 1. The average molecular weight is 344 g/mol. The maximum Gasteiger partial charge on any atom is 0.242 e. The molecule has 0 bridgehead atoms. The summed E-state index contributed by atoms with van der Waals surface area (Å²) in [6.07, 6.45) is 4.23. The number of nitrogens with zero attached hydrogens (tertiary/aromatic N) is 2. The van der Waals surface area contributed by atoms with E-state index in [1.165, 1.54) is 23.4 Å². The van der Waals surface area contributed by atoms with Gasteiger partial charge >= 0.3 is 0 Å². The molecule has 3 aromatic rings. The third kappa shape index (κ3) is 3.47. The molecule has 0 unspecified atom stereocenters. The van der Waals surface area contributed by atoms with E-state index in [0.717, 1.165) is 16.9 Å². The Bertz CT molecular complexity index is 949. The van der Waals surface area contributed by atoms with Crippen molar-refractivity contribution in [1.29, 1.82) is 0 Å². The van der Waals surface area contributed by atoms with Gasteiger partial charge in [-0.15, -0.1) is 0 Å². The lowest BCUT2D eigenvalue weighted by molar-refractivity contribution is 0.578. The summed E-state index contributed by atoms with van der Waals surface area (Å²) in [5, 5.41) is 0. The SMILES string of the molecule is Cc1ccc2[nH]c(CCCNS(=O)(=O)c3cccnc3)nc2c1C. The van der Waals surface area contributed by atoms with Gasteiger partial charge in [0.05, 0.1) is 11.0 Å². The smallest absolute Gasteiger partial charge is 0.242 e. The topological polar surface area (TPSA) is 87.7 Å². The standard InChI is InChI=1S/C17H20N4O2S/c1-12-7-8-15-17(13(12)2)21-16(20-15)6-4-10-19-24(22,23)14-5-3-9-18-11-14/h3,5,7-9,11,19H,4,6,10H2,1-2H3,(H,20,21). The maximum atomic E-state index is 12.1. The first-order chi connectivity index (χ1) is 11.5. The van der Waals surface area contributed by atoms with Crippen molar-refractivity contribution in [2.24, 2.45) is 0 Å². The molecular formula is C17H20N4O2S. The second-order valence-electron chi connectivity index (χ2n) is 5.78. The first-order valence-electron chi connectivity index (χ1n) is 7.82. The molecule has 0 atom stereocenters. The number of H-pyrrole nitrogens is 1. The predicted octanol–water partition coefficient (Wildman–Crippen LogP) is 2.49. The first kappa shape index (κ1) is 16.6. The lowest BCUT2D eigenvalue weighted by atomic mass is 10.1. The fourth-order valence-corrected chi connectivity index (χ4v) is 3.57. The second kappa shape index (κ2) is 6.70. The molecule has 2 N–H and O–H groups in total. The molecule has 0 aliphatic heterocycles. The van der Waals surface area contributed by atoms with E-state index in [-0.39, 0.29) is 4.90 Å². The van der Waals surface area contributed by atoms with Gasteiger partial charge < -0.3 is 4.98 Å². The molecule has 1 aromatic carbocycles. The predicted molar refractivity (Wildman–Crippen MR) is 93.3 cm³/mol. The van der Waals surface area contributed by atoms with Crippen LogP contribution in [0.2, 0.25) is 0 Å². The van der Waals surface area contributed by atoms with Crippen LogP contribution in [-0.4, -0.2) is 29.9 Å². The van der Waals surface area contributed by atoms with E-state index in [0.29, 0.717) is 19.4 Å². The van der Waals surface area contributed by atoms with Gasteiger partial charge in [-0.3, -0.25) is 4.98 Å². The summed E-state index contributed by atoms with van der Waals surface area (Å²) in [6, 6.07) is 7.23. The van der Waals surface area contributed by atoms with E-state index in [9.17, 15) is 8.42 Å². The minimum Gasteiger partial charge on any atom is -0.342 e. The van der Waals surface area contributed by atoms with Crippen LogP contribution in [0.5, 0.6) is 0 Å². The van der Waals surface area contributed by atoms with Crippen LogP contribution >= 0.6 is 0 Å². The first-order valence-corrected chi connectivity index (χ1v) is 9.30. The van der Waals surface area contributed by atoms with Crippen molar-refractivity contribution in [2.75, 3.05) is 6.54 Å². The molecule has 0 fully saturated rings. The average Bonchev–Trinajstić information content (AvgIpc) is 3.00. The number of sulfonamides is 1. The molecule has 6 nitrogen and oxygen atoms in total. The van der Waals surface area contributed by atoms with Gasteiger partial charge in [0.2, 0.25) is 10.0 Å². The van der Waals surface area contributed by atoms with Gasteiger partial charge in [0.1, 0.15) is 10.7 Å². The molecular weight excluding hydrogens is 324 g/mol. The summed E-state index contributed by atoms with van der Waals surface area (Å²) in [4.78, 5) is 11.9. The lowest BCUT2D eigenvalue weighted by Gasteiger charge is -2.05. The Kier molecular flexibility index (Phi) is 4.64. The Morgan fingerprint density at radius 2 is 2.04 bits per heavy atom. The summed E-state index contributed by atoms with van der Waals surface area (Å²) in [5.74, 6) is 0.874. The van der Waals surface area contributed by atoms with Gasteiger partial charge in [-0.25, -0.2) is 18.1 Å². The zero-order valence-corrected chi connectivity index (χ0v) is 14.5. The normalized spacial score (nSPS) is 11.9. The van der Waals surface area contributed by atoms with Crippen LogP contribution < -0.4 is 4.72 Å². The van der Waals surface area contributed by atoms with E-state index in [1.807, 2.05) is 6.07 Å². The highest BCUT2D eigenvalue weighted by Gasteiger charge is 2.13. The van der Waals surface area contributed by atoms with Crippen LogP contribution in [0.4, 0.5) is 0 Å². The van der Waals surface area contributed by atoms with Crippen molar-refractivity contribution >= 4 is 21.1 Å². The van der Waals surface area contributed by atoms with Crippen LogP contribution in [0.15, 0.2) is 41.6 Å². The van der Waals surface area contributed by atoms with E-state index >= 15 is 0 Å². The van der Waals surface area contributed by atoms with Gasteiger partial charge in [-0.05, 0) is 49.6 Å². The Morgan fingerprint density at radius 3 is 2.79 bits per heavy atom. The fraction of sp³-hybridized carbons (Fsp3) is 0.294. The zero-order valence-electron chi connectivity index (χ0n) is 13.7. The number of nitrogens with one attached hydrogen (secondary N) is 2. The molecule has 0 aliphatic rings. The highest BCUT2D eigenvalue weighted by Crippen LogP contribution is 2.19. The molecule has 3 rings (SSSR count). The minimum absolute atomic E-state index is 0.180. The number of imidazole rings is 1. The molecule has 7 heteroatoms. The highest BCUT2D eigenvalue weighted by atomic mass is 32.2. The summed E-state index contributed by atoms with van der Waals surface area (Å²) >= 11 is 0. The van der Waals surface area contributed by atoms with Crippen molar-refractivity contribution in [1.82, 2.24) is 19.7 Å². The summed E-state index contributed by atoms with van der Waals surface area (Å²) in [6.45, 7) is 4.48. The molecule has 0 saturated carbocycles. The zero-order chi connectivity index (χ0) is 17.2. The third-order valence-electron chi connectivity index (χ3n) is 4.05. The number of rotatable bonds is 6. The van der Waals surface area contributed by atoms with E-state index in [1.54, 1.807) is 12.3 Å². The van der Waals surface area contributed by atoms with Gasteiger partial charge in [-0.2, -0.15) is 0 Å².